The van der Waals surface area contributed by atoms with E-state index in [4.69, 9.17) is 34.6 Å². The van der Waals surface area contributed by atoms with Crippen LogP contribution in [0.3, 0.4) is 0 Å². The highest BCUT2D eigenvalue weighted by atomic mass is 32.1. The quantitative estimate of drug-likeness (QED) is 0.0272. The molecule has 20 heteroatoms. The van der Waals surface area contributed by atoms with Crippen molar-refractivity contribution < 1.29 is 61.6 Å². The van der Waals surface area contributed by atoms with E-state index in [0.29, 0.717) is 71.2 Å². The van der Waals surface area contributed by atoms with Gasteiger partial charge in [-0.3, -0.25) is 33.7 Å². The molecule has 2 heterocycles. The fraction of sp³-hybridized carbons (Fsp3) is 0.489. The van der Waals surface area contributed by atoms with Crippen LogP contribution in [0, 0.1) is 23.0 Å². The number of thiol groups is 1. The molecule has 2 aromatic carbocycles. The Morgan fingerprint density at radius 2 is 1.45 bits per heavy atom. The van der Waals surface area contributed by atoms with E-state index in [2.05, 4.69) is 35.9 Å². The van der Waals surface area contributed by atoms with Gasteiger partial charge in [0.25, 0.3) is 11.8 Å². The third-order valence-electron chi connectivity index (χ3n) is 9.39. The molecule has 1 aromatic heterocycles. The van der Waals surface area contributed by atoms with Gasteiger partial charge in [0.15, 0.2) is 0 Å². The summed E-state index contributed by atoms with van der Waals surface area (Å²) in [7, 11) is 0. The molecule has 0 saturated carbocycles. The molecule has 2 atom stereocenters. The fourth-order valence-electron chi connectivity index (χ4n) is 5.93. The number of nitrogens with two attached hydrogens (primary N) is 2. The zero-order valence-corrected chi connectivity index (χ0v) is 39.7. The van der Waals surface area contributed by atoms with E-state index in [1.54, 1.807) is 0 Å². The van der Waals surface area contributed by atoms with Crippen molar-refractivity contribution in [1.82, 2.24) is 20.1 Å². The van der Waals surface area contributed by atoms with Gasteiger partial charge in [-0.25, -0.2) is 8.78 Å². The number of carboxylic acids is 1. The molecule has 0 radical (unpaired) electrons. The van der Waals surface area contributed by atoms with Crippen LogP contribution in [0.4, 0.5) is 8.78 Å². The Morgan fingerprint density at radius 1 is 0.881 bits per heavy atom. The van der Waals surface area contributed by atoms with E-state index in [0.717, 1.165) is 47.0 Å². The number of carboxylic acid groups (broad SMARTS) is 1. The minimum absolute atomic E-state index is 0.201. The van der Waals surface area contributed by atoms with Crippen molar-refractivity contribution in [3.8, 4) is 11.1 Å². The van der Waals surface area contributed by atoms with Crippen molar-refractivity contribution in [3.05, 3.63) is 95.8 Å². The number of carbonyl (C=O) groups is 6. The maximum Gasteiger partial charge on any atom is 0.307 e. The summed E-state index contributed by atoms with van der Waals surface area (Å²) < 4.78 is 51.3. The second-order valence-electron chi connectivity index (χ2n) is 15.7. The third-order valence-corrected chi connectivity index (χ3v) is 9.83. The Bertz CT molecular complexity index is 1930. The van der Waals surface area contributed by atoms with Crippen LogP contribution in [0.2, 0.25) is 0 Å². The number of carbonyl (C=O) groups excluding carboxylic acids is 5. The summed E-state index contributed by atoms with van der Waals surface area (Å²) in [6.45, 7) is 12.5. The molecule has 17 nitrogen and oxygen atoms in total. The SMILES string of the molecule is CC(C)(C)C(NC=O)c1cc(-c2cc(F)ccc2F)cn1Cc1ccccc1.CCCCN.NC=O.O=C(CN1C(=O)C=CC1=O)NCCOCCOCCOCCOCCC(CS)C(=O)O. The molecular weight excluding hydrogens is 895 g/mol. The molecule has 67 heavy (non-hydrogen) atoms. The lowest BCUT2D eigenvalue weighted by atomic mass is 9.84. The predicted molar refractivity (Wildman–Crippen MR) is 253 cm³/mol. The highest BCUT2D eigenvalue weighted by molar-refractivity contribution is 7.80. The molecule has 0 saturated heterocycles. The molecule has 3 aromatic rings. The number of amides is 5. The van der Waals surface area contributed by atoms with E-state index in [1.807, 2.05) is 67.9 Å². The summed E-state index contributed by atoms with van der Waals surface area (Å²) in [6.07, 6.45) is 7.80. The number of halogens is 2. The molecule has 0 spiro atoms. The van der Waals surface area contributed by atoms with Gasteiger partial charge >= 0.3 is 5.97 Å². The highest BCUT2D eigenvalue weighted by Gasteiger charge is 2.30. The molecule has 0 fully saturated rings. The summed E-state index contributed by atoms with van der Waals surface area (Å²) >= 11 is 3.99. The first-order valence-electron chi connectivity index (χ1n) is 21.8. The second kappa shape index (κ2) is 34.7. The average molecular weight is 963 g/mol. The van der Waals surface area contributed by atoms with Gasteiger partial charge in [0.05, 0.1) is 58.2 Å². The summed E-state index contributed by atoms with van der Waals surface area (Å²) in [4.78, 5) is 65.8. The minimum Gasteiger partial charge on any atom is -0.481 e. The number of nitrogens with one attached hydrogen (secondary N) is 2. The van der Waals surface area contributed by atoms with Gasteiger partial charge in [0.2, 0.25) is 18.7 Å². The van der Waals surface area contributed by atoms with Crippen LogP contribution >= 0.6 is 12.6 Å². The first-order valence-corrected chi connectivity index (χ1v) is 22.4. The van der Waals surface area contributed by atoms with Crippen molar-refractivity contribution in [3.63, 3.8) is 0 Å². The lowest BCUT2D eigenvalue weighted by Crippen LogP contribution is -2.41. The van der Waals surface area contributed by atoms with Gasteiger partial charge in [-0.1, -0.05) is 64.4 Å². The fourth-order valence-corrected chi connectivity index (χ4v) is 6.27. The second-order valence-corrected chi connectivity index (χ2v) is 16.0. The third kappa shape index (κ3) is 24.7. The van der Waals surface area contributed by atoms with Crippen LogP contribution in [0.25, 0.3) is 11.1 Å². The van der Waals surface area contributed by atoms with Crippen LogP contribution in [0.15, 0.2) is 72.9 Å². The highest BCUT2D eigenvalue weighted by Crippen LogP contribution is 2.36. The Hall–Kier alpha value is -5.51. The normalized spacial score (nSPS) is 12.7. The van der Waals surface area contributed by atoms with Crippen molar-refractivity contribution in [1.29, 1.82) is 0 Å². The van der Waals surface area contributed by atoms with Gasteiger partial charge < -0.3 is 50.7 Å². The van der Waals surface area contributed by atoms with Gasteiger partial charge in [-0.05, 0) is 54.6 Å². The predicted octanol–water partition coefficient (Wildman–Crippen LogP) is 4.28. The van der Waals surface area contributed by atoms with E-state index < -0.39 is 41.2 Å². The molecule has 372 valence electrons. The lowest BCUT2D eigenvalue weighted by Gasteiger charge is -2.31. The van der Waals surface area contributed by atoms with E-state index in [1.165, 1.54) is 18.9 Å². The number of hydrogen-bond donors (Lipinski definition) is 6. The van der Waals surface area contributed by atoms with E-state index in [9.17, 15) is 32.8 Å². The minimum atomic E-state index is -0.869. The zero-order chi connectivity index (χ0) is 50.0. The van der Waals surface area contributed by atoms with E-state index in [-0.39, 0.29) is 48.9 Å². The summed E-state index contributed by atoms with van der Waals surface area (Å²) in [5.41, 5.74) is 11.7. The van der Waals surface area contributed by atoms with Crippen LogP contribution in [0.5, 0.6) is 0 Å². The molecular formula is C47H68F2N6O11S. The number of ether oxygens (including phenoxy) is 4. The number of unbranched alkanes of at least 4 members (excludes halogenated alkanes) is 1. The smallest absolute Gasteiger partial charge is 0.307 e. The number of benzene rings is 2. The van der Waals surface area contributed by atoms with Gasteiger partial charge in [-0.2, -0.15) is 12.6 Å². The Kier molecular flexibility index (Phi) is 30.9. The van der Waals surface area contributed by atoms with Crippen LogP contribution in [-0.2, 0) is 54.3 Å². The number of rotatable bonds is 27. The monoisotopic (exact) mass is 962 g/mol. The molecule has 5 amide bonds. The standard InChI is InChI=1S/C23H24F2N2O.C19H30N2O9S.C4H11N.CH3NO/c1-23(2,3)22(26-15-28)21-11-17(19-12-18(24)9-10-20(19)25)14-27(21)13-16-7-5-4-6-8-16;22-16(13-21-17(23)1-2-18(21)24)20-4-6-28-8-10-30-12-11-29-9-7-27-5-3-15(14-31)19(25)26;1-2-3-4-5;2-1-3/h4-12,14-15,22H,13H2,1-3H3,(H,26,28);1-2,15,31H,3-14H2,(H,20,22)(H,25,26);2-5H2,1H3;1H,(H2,2,3). The van der Waals surface area contributed by atoms with Gasteiger partial charge in [0.1, 0.15) is 18.2 Å². The number of imide groups is 1. The molecule has 7 N–H and O–H groups in total. The number of nitrogens with zero attached hydrogens (tertiary/aromatic N) is 2. The van der Waals surface area contributed by atoms with Crippen molar-refractivity contribution in [2.45, 2.75) is 59.5 Å². The molecule has 4 rings (SSSR count). The summed E-state index contributed by atoms with van der Waals surface area (Å²) in [5, 5.41) is 14.3. The van der Waals surface area contributed by atoms with Crippen LogP contribution < -0.4 is 22.1 Å². The number of aliphatic carboxylic acids is 1. The van der Waals surface area contributed by atoms with E-state index >= 15 is 0 Å². The maximum atomic E-state index is 14.4. The number of hydrogen-bond acceptors (Lipinski definition) is 12. The number of aromatic nitrogens is 1. The molecule has 1 aliphatic rings. The Morgan fingerprint density at radius 3 is 1.94 bits per heavy atom. The summed E-state index contributed by atoms with van der Waals surface area (Å²) in [6, 6.07) is 14.8. The molecule has 0 bridgehead atoms. The van der Waals surface area contributed by atoms with Crippen molar-refractivity contribution in [2.24, 2.45) is 22.8 Å². The van der Waals surface area contributed by atoms with Crippen molar-refractivity contribution >= 4 is 49.1 Å². The van der Waals surface area contributed by atoms with Crippen molar-refractivity contribution in [2.75, 3.05) is 78.2 Å². The average Bonchev–Trinajstić information content (AvgIpc) is 3.84. The zero-order valence-electron chi connectivity index (χ0n) is 38.8. The molecule has 2 unspecified atom stereocenters. The van der Waals surface area contributed by atoms with Gasteiger partial charge in [0, 0.05) is 60.6 Å². The number of primary amides is 1. The Balaban J connectivity index is 0.000000578. The molecule has 1 aliphatic heterocycles. The van der Waals surface area contributed by atoms with Gasteiger partial charge in [-0.15, -0.1) is 0 Å². The Labute approximate surface area is 397 Å². The van der Waals surface area contributed by atoms with Crippen LogP contribution in [0.1, 0.15) is 64.3 Å². The summed E-state index contributed by atoms with van der Waals surface area (Å²) in [5.74, 6) is -3.49. The maximum absolute atomic E-state index is 14.4. The first kappa shape index (κ1) is 59.5. The van der Waals surface area contributed by atoms with Crippen LogP contribution in [-0.4, -0.2) is 129 Å². The molecule has 0 aliphatic carbocycles. The first-order chi connectivity index (χ1) is 32.1. The topological polar surface area (TPSA) is 244 Å². The largest absolute Gasteiger partial charge is 0.481 e. The lowest BCUT2D eigenvalue weighted by molar-refractivity contribution is -0.142.